The average Bonchev–Trinajstić information content (AvgIpc) is 2.60. The summed E-state index contributed by atoms with van der Waals surface area (Å²) in [6.45, 7) is 2.74. The zero-order chi connectivity index (χ0) is 16.9. The van der Waals surface area contributed by atoms with Gasteiger partial charge < -0.3 is 16.4 Å². The summed E-state index contributed by atoms with van der Waals surface area (Å²) in [6, 6.07) is 22.1. The second kappa shape index (κ2) is 7.28. The predicted octanol–water partition coefficient (Wildman–Crippen LogP) is 5.59. The van der Waals surface area contributed by atoms with Gasteiger partial charge in [0.2, 0.25) is 0 Å². The maximum absolute atomic E-state index is 6.43. The van der Waals surface area contributed by atoms with Crippen LogP contribution in [0.15, 0.2) is 66.7 Å². The van der Waals surface area contributed by atoms with Crippen LogP contribution in [0.4, 0.5) is 22.7 Å². The number of halogens is 1. The van der Waals surface area contributed by atoms with Crippen LogP contribution in [0.1, 0.15) is 11.1 Å². The first-order valence-corrected chi connectivity index (χ1v) is 8.21. The lowest BCUT2D eigenvalue weighted by Crippen LogP contribution is -2.05. The van der Waals surface area contributed by atoms with Gasteiger partial charge in [-0.15, -0.1) is 0 Å². The third-order valence-corrected chi connectivity index (χ3v) is 4.22. The summed E-state index contributed by atoms with van der Waals surface area (Å²) in [4.78, 5) is 0. The van der Waals surface area contributed by atoms with Crippen LogP contribution < -0.4 is 16.4 Å². The maximum Gasteiger partial charge on any atom is 0.0888 e. The summed E-state index contributed by atoms with van der Waals surface area (Å²) in [5, 5.41) is 7.33. The summed E-state index contributed by atoms with van der Waals surface area (Å²) in [5.74, 6) is 0. The molecule has 0 aromatic heterocycles. The molecule has 0 atom stereocenters. The topological polar surface area (TPSA) is 50.1 Å². The molecular weight excluding hydrogens is 318 g/mol. The van der Waals surface area contributed by atoms with Gasteiger partial charge in [-0.25, -0.2) is 0 Å². The van der Waals surface area contributed by atoms with E-state index >= 15 is 0 Å². The Morgan fingerprint density at radius 2 is 1.62 bits per heavy atom. The first-order valence-electron chi connectivity index (χ1n) is 7.83. The Labute approximate surface area is 147 Å². The lowest BCUT2D eigenvalue weighted by molar-refractivity contribution is 1.15. The average molecular weight is 338 g/mol. The SMILES string of the molecule is Cc1ccc(Nc2ccc(N)c(Cl)c2NCc2ccccc2)cc1. The van der Waals surface area contributed by atoms with Crippen molar-refractivity contribution in [3.05, 3.63) is 82.9 Å². The molecule has 0 aliphatic carbocycles. The Kier molecular flexibility index (Phi) is 4.92. The molecule has 0 radical (unpaired) electrons. The Hall–Kier alpha value is -2.65. The highest BCUT2D eigenvalue weighted by Gasteiger charge is 2.10. The van der Waals surface area contributed by atoms with Crippen molar-refractivity contribution < 1.29 is 0 Å². The van der Waals surface area contributed by atoms with Crippen LogP contribution in [0.5, 0.6) is 0 Å². The molecule has 0 aliphatic heterocycles. The van der Waals surface area contributed by atoms with E-state index in [1.807, 2.05) is 42.5 Å². The molecule has 3 aromatic carbocycles. The van der Waals surface area contributed by atoms with Gasteiger partial charge in [0.15, 0.2) is 0 Å². The predicted molar refractivity (Wildman–Crippen MR) is 104 cm³/mol. The highest BCUT2D eigenvalue weighted by molar-refractivity contribution is 6.36. The van der Waals surface area contributed by atoms with E-state index in [-0.39, 0.29) is 0 Å². The van der Waals surface area contributed by atoms with Crippen LogP contribution in [-0.4, -0.2) is 0 Å². The van der Waals surface area contributed by atoms with Crippen molar-refractivity contribution in [1.29, 1.82) is 0 Å². The van der Waals surface area contributed by atoms with Crippen molar-refractivity contribution in [3.63, 3.8) is 0 Å². The fourth-order valence-electron chi connectivity index (χ4n) is 2.45. The molecule has 3 nitrogen and oxygen atoms in total. The fourth-order valence-corrected chi connectivity index (χ4v) is 2.68. The molecule has 0 saturated carbocycles. The molecule has 4 heteroatoms. The zero-order valence-corrected chi connectivity index (χ0v) is 14.3. The molecule has 0 aliphatic rings. The number of nitrogens with two attached hydrogens (primary N) is 1. The third-order valence-electron chi connectivity index (χ3n) is 3.81. The van der Waals surface area contributed by atoms with Crippen LogP contribution in [0.25, 0.3) is 0 Å². The molecule has 0 heterocycles. The van der Waals surface area contributed by atoms with E-state index in [1.165, 1.54) is 11.1 Å². The molecule has 0 unspecified atom stereocenters. The first kappa shape index (κ1) is 16.2. The van der Waals surface area contributed by atoms with Gasteiger partial charge in [-0.3, -0.25) is 0 Å². The van der Waals surface area contributed by atoms with E-state index in [9.17, 15) is 0 Å². The van der Waals surface area contributed by atoms with Crippen molar-refractivity contribution in [2.75, 3.05) is 16.4 Å². The quantitative estimate of drug-likeness (QED) is 0.532. The highest BCUT2D eigenvalue weighted by Crippen LogP contribution is 2.37. The van der Waals surface area contributed by atoms with Gasteiger partial charge in [0.05, 0.1) is 22.1 Å². The number of hydrogen-bond donors (Lipinski definition) is 3. The molecule has 0 fully saturated rings. The van der Waals surface area contributed by atoms with Crippen molar-refractivity contribution in [1.82, 2.24) is 0 Å². The Morgan fingerprint density at radius 3 is 2.33 bits per heavy atom. The molecule has 4 N–H and O–H groups in total. The molecule has 3 aromatic rings. The van der Waals surface area contributed by atoms with E-state index in [0.717, 1.165) is 17.1 Å². The van der Waals surface area contributed by atoms with E-state index in [2.05, 4.69) is 41.8 Å². The molecule has 0 spiro atoms. The molecular formula is C20H20ClN3. The number of anilines is 4. The lowest BCUT2D eigenvalue weighted by atomic mass is 10.2. The van der Waals surface area contributed by atoms with Crippen molar-refractivity contribution in [2.45, 2.75) is 13.5 Å². The molecule has 24 heavy (non-hydrogen) atoms. The van der Waals surface area contributed by atoms with Crippen molar-refractivity contribution in [3.8, 4) is 0 Å². The van der Waals surface area contributed by atoms with Gasteiger partial charge in [-0.2, -0.15) is 0 Å². The van der Waals surface area contributed by atoms with E-state index in [1.54, 1.807) is 0 Å². The number of nitrogen functional groups attached to an aromatic ring is 1. The normalized spacial score (nSPS) is 10.4. The Morgan fingerprint density at radius 1 is 0.917 bits per heavy atom. The van der Waals surface area contributed by atoms with Gasteiger partial charge in [-0.1, -0.05) is 59.6 Å². The number of nitrogens with one attached hydrogen (secondary N) is 2. The molecule has 0 amide bonds. The lowest BCUT2D eigenvalue weighted by Gasteiger charge is -2.17. The van der Waals surface area contributed by atoms with Gasteiger partial charge in [-0.05, 0) is 36.8 Å². The highest BCUT2D eigenvalue weighted by atomic mass is 35.5. The van der Waals surface area contributed by atoms with Crippen LogP contribution in [-0.2, 0) is 6.54 Å². The van der Waals surface area contributed by atoms with Crippen LogP contribution in [0.3, 0.4) is 0 Å². The maximum atomic E-state index is 6.43. The summed E-state index contributed by atoms with van der Waals surface area (Å²) in [7, 11) is 0. The summed E-state index contributed by atoms with van der Waals surface area (Å²) >= 11 is 6.43. The van der Waals surface area contributed by atoms with E-state index < -0.39 is 0 Å². The van der Waals surface area contributed by atoms with Gasteiger partial charge in [0.25, 0.3) is 0 Å². The van der Waals surface area contributed by atoms with Crippen LogP contribution in [0.2, 0.25) is 5.02 Å². The van der Waals surface area contributed by atoms with Crippen LogP contribution >= 0.6 is 11.6 Å². The number of benzene rings is 3. The van der Waals surface area contributed by atoms with Gasteiger partial charge >= 0.3 is 0 Å². The summed E-state index contributed by atoms with van der Waals surface area (Å²) in [6.07, 6.45) is 0. The van der Waals surface area contributed by atoms with Gasteiger partial charge in [0, 0.05) is 12.2 Å². The minimum Gasteiger partial charge on any atom is -0.397 e. The monoisotopic (exact) mass is 337 g/mol. The Balaban J connectivity index is 1.85. The molecule has 0 bridgehead atoms. The van der Waals surface area contributed by atoms with Crippen molar-refractivity contribution >= 4 is 34.4 Å². The number of rotatable bonds is 5. The Bertz CT molecular complexity index is 814. The summed E-state index contributed by atoms with van der Waals surface area (Å²) in [5.41, 5.74) is 11.6. The number of hydrogen-bond acceptors (Lipinski definition) is 3. The van der Waals surface area contributed by atoms with Crippen molar-refractivity contribution in [2.24, 2.45) is 0 Å². The summed E-state index contributed by atoms with van der Waals surface area (Å²) < 4.78 is 0. The second-order valence-electron chi connectivity index (χ2n) is 5.72. The fraction of sp³-hybridized carbons (Fsp3) is 0.100. The second-order valence-corrected chi connectivity index (χ2v) is 6.10. The zero-order valence-electron chi connectivity index (χ0n) is 13.5. The molecule has 122 valence electrons. The minimum atomic E-state index is 0.531. The molecule has 3 rings (SSSR count). The number of aryl methyl sites for hydroxylation is 1. The van der Waals surface area contributed by atoms with Crippen LogP contribution in [0, 0.1) is 6.92 Å². The molecule has 0 saturated heterocycles. The first-order chi connectivity index (χ1) is 11.6. The smallest absolute Gasteiger partial charge is 0.0888 e. The van der Waals surface area contributed by atoms with E-state index in [0.29, 0.717) is 17.3 Å². The third kappa shape index (κ3) is 3.81. The van der Waals surface area contributed by atoms with Gasteiger partial charge in [0.1, 0.15) is 0 Å². The van der Waals surface area contributed by atoms with E-state index in [4.69, 9.17) is 17.3 Å². The largest absolute Gasteiger partial charge is 0.397 e. The minimum absolute atomic E-state index is 0.531. The standard InChI is InChI=1S/C20H20ClN3/c1-14-7-9-16(10-8-14)24-18-12-11-17(22)19(21)20(18)23-13-15-5-3-2-4-6-15/h2-12,23-24H,13,22H2,1H3.